The Labute approximate surface area is 146 Å². The Balaban J connectivity index is 1.94. The first-order chi connectivity index (χ1) is 12.3. The van der Waals surface area contributed by atoms with E-state index in [4.69, 9.17) is 4.98 Å². The van der Waals surface area contributed by atoms with Crippen LogP contribution in [0.5, 0.6) is 0 Å². The van der Waals surface area contributed by atoms with E-state index in [2.05, 4.69) is 35.8 Å². The molecule has 1 heterocycles. The van der Waals surface area contributed by atoms with E-state index in [-0.39, 0.29) is 0 Å². The predicted octanol–water partition coefficient (Wildman–Crippen LogP) is 5.27. The number of hydrogen-bond donors (Lipinski definition) is 0. The van der Waals surface area contributed by atoms with Crippen LogP contribution in [-0.2, 0) is 6.54 Å². The minimum atomic E-state index is 0.578. The largest absolute Gasteiger partial charge is 0.324 e. The second kappa shape index (κ2) is 6.26. The summed E-state index contributed by atoms with van der Waals surface area (Å²) in [6, 6.07) is 24.7. The lowest BCUT2D eigenvalue weighted by Crippen LogP contribution is -2.00. The fourth-order valence-corrected chi connectivity index (χ4v) is 3.28. The number of benzene rings is 3. The highest BCUT2D eigenvalue weighted by molar-refractivity contribution is 5.98. The number of imidazole rings is 1. The van der Waals surface area contributed by atoms with Crippen LogP contribution in [-0.4, -0.2) is 9.55 Å². The highest BCUT2D eigenvalue weighted by Crippen LogP contribution is 2.26. The molecule has 0 saturated heterocycles. The number of nitrogens with zero attached hydrogens (tertiary/aromatic N) is 3. The molecule has 0 bridgehead atoms. The van der Waals surface area contributed by atoms with Crippen molar-refractivity contribution in [2.24, 2.45) is 0 Å². The molecule has 0 aliphatic rings. The van der Waals surface area contributed by atoms with E-state index >= 15 is 0 Å². The van der Waals surface area contributed by atoms with Crippen molar-refractivity contribution in [3.05, 3.63) is 78.1 Å². The summed E-state index contributed by atoms with van der Waals surface area (Å²) < 4.78 is 2.09. The maximum absolute atomic E-state index is 9.79. The number of aryl methyl sites for hydroxylation is 1. The zero-order chi connectivity index (χ0) is 17.2. The highest BCUT2D eigenvalue weighted by Gasteiger charge is 2.13. The molecule has 3 aromatic carbocycles. The van der Waals surface area contributed by atoms with Gasteiger partial charge in [0.05, 0.1) is 16.6 Å². The molecule has 0 spiro atoms. The Morgan fingerprint density at radius 1 is 1.04 bits per heavy atom. The molecule has 0 fully saturated rings. The minimum absolute atomic E-state index is 0.578. The van der Waals surface area contributed by atoms with Crippen LogP contribution >= 0.6 is 0 Å². The van der Waals surface area contributed by atoms with Gasteiger partial charge in [0.2, 0.25) is 0 Å². The molecule has 3 heteroatoms. The number of nitriles is 1. The van der Waals surface area contributed by atoms with Crippen molar-refractivity contribution in [3.8, 4) is 6.07 Å². The van der Waals surface area contributed by atoms with Crippen molar-refractivity contribution >= 4 is 33.5 Å². The molecule has 0 N–H and O–H groups in total. The molecule has 4 rings (SSSR count). The van der Waals surface area contributed by atoms with Crippen molar-refractivity contribution in [2.45, 2.75) is 13.5 Å². The van der Waals surface area contributed by atoms with Gasteiger partial charge in [0.15, 0.2) is 5.82 Å². The van der Waals surface area contributed by atoms with Crippen LogP contribution < -0.4 is 0 Å². The Kier molecular flexibility index (Phi) is 3.80. The van der Waals surface area contributed by atoms with E-state index < -0.39 is 0 Å². The highest BCUT2D eigenvalue weighted by atomic mass is 15.1. The summed E-state index contributed by atoms with van der Waals surface area (Å²) in [5.74, 6) is 0.721. The zero-order valence-electron chi connectivity index (χ0n) is 14.0. The Bertz CT molecular complexity index is 1140. The molecule has 1 aromatic heterocycles. The van der Waals surface area contributed by atoms with Crippen LogP contribution in [0.3, 0.4) is 0 Å². The summed E-state index contributed by atoms with van der Waals surface area (Å²) in [7, 11) is 0. The van der Waals surface area contributed by atoms with Crippen molar-refractivity contribution < 1.29 is 0 Å². The Hall–Kier alpha value is -3.38. The summed E-state index contributed by atoms with van der Waals surface area (Å²) in [5.41, 5.74) is 3.58. The molecule has 0 atom stereocenters. The van der Waals surface area contributed by atoms with Gasteiger partial charge in [-0.25, -0.2) is 4.98 Å². The number of rotatable bonds is 3. The van der Waals surface area contributed by atoms with Crippen LogP contribution in [0, 0.1) is 11.3 Å². The fourth-order valence-electron chi connectivity index (χ4n) is 3.28. The Morgan fingerprint density at radius 2 is 1.80 bits per heavy atom. The van der Waals surface area contributed by atoms with E-state index in [9.17, 15) is 5.26 Å². The Morgan fingerprint density at radius 3 is 2.64 bits per heavy atom. The minimum Gasteiger partial charge on any atom is -0.324 e. The van der Waals surface area contributed by atoms with Gasteiger partial charge in [0, 0.05) is 6.54 Å². The van der Waals surface area contributed by atoms with Crippen LogP contribution in [0.2, 0.25) is 0 Å². The number of fused-ring (bicyclic) bond motifs is 2. The molecule has 0 radical (unpaired) electrons. The first-order valence-corrected chi connectivity index (χ1v) is 8.37. The molecule has 3 nitrogen and oxygen atoms in total. The van der Waals surface area contributed by atoms with Gasteiger partial charge < -0.3 is 4.57 Å². The molecular weight excluding hydrogens is 306 g/mol. The summed E-state index contributed by atoms with van der Waals surface area (Å²) >= 11 is 0. The summed E-state index contributed by atoms with van der Waals surface area (Å²) in [6.07, 6.45) is 1.94. The van der Waals surface area contributed by atoms with Crippen molar-refractivity contribution in [3.63, 3.8) is 0 Å². The van der Waals surface area contributed by atoms with E-state index in [1.807, 2.05) is 54.6 Å². The molecule has 0 aliphatic heterocycles. The third kappa shape index (κ3) is 2.58. The van der Waals surface area contributed by atoms with Crippen LogP contribution in [0.15, 0.2) is 66.7 Å². The monoisotopic (exact) mass is 323 g/mol. The summed E-state index contributed by atoms with van der Waals surface area (Å²) in [4.78, 5) is 4.70. The third-order valence-electron chi connectivity index (χ3n) is 4.46. The van der Waals surface area contributed by atoms with Gasteiger partial charge in [0.1, 0.15) is 6.07 Å². The van der Waals surface area contributed by atoms with Gasteiger partial charge in [-0.2, -0.15) is 5.26 Å². The maximum Gasteiger partial charge on any atom is 0.151 e. The molecule has 4 aromatic rings. The molecule has 0 unspecified atom stereocenters. The van der Waals surface area contributed by atoms with Gasteiger partial charge in [-0.1, -0.05) is 54.6 Å². The molecule has 0 amide bonds. The third-order valence-corrected chi connectivity index (χ3v) is 4.46. The second-order valence-electron chi connectivity index (χ2n) is 5.91. The smallest absolute Gasteiger partial charge is 0.151 e. The molecular formula is C22H17N3. The lowest BCUT2D eigenvalue weighted by molar-refractivity contribution is 0.775. The van der Waals surface area contributed by atoms with Gasteiger partial charge in [0.25, 0.3) is 0 Å². The van der Waals surface area contributed by atoms with Gasteiger partial charge in [-0.05, 0) is 41.5 Å². The van der Waals surface area contributed by atoms with Crippen molar-refractivity contribution in [2.75, 3.05) is 0 Å². The first kappa shape index (κ1) is 15.2. The first-order valence-electron chi connectivity index (χ1n) is 8.37. The fraction of sp³-hybridized carbons (Fsp3) is 0.0909. The lowest BCUT2D eigenvalue weighted by Gasteiger charge is -2.06. The number of hydrogen-bond acceptors (Lipinski definition) is 2. The molecule has 120 valence electrons. The maximum atomic E-state index is 9.79. The zero-order valence-corrected chi connectivity index (χ0v) is 14.0. The van der Waals surface area contributed by atoms with Crippen molar-refractivity contribution in [1.82, 2.24) is 9.55 Å². The van der Waals surface area contributed by atoms with E-state index in [1.54, 1.807) is 0 Å². The lowest BCUT2D eigenvalue weighted by atomic mass is 10.0. The summed E-state index contributed by atoms with van der Waals surface area (Å²) in [6.45, 7) is 2.84. The topological polar surface area (TPSA) is 41.6 Å². The molecule has 0 aliphatic carbocycles. The van der Waals surface area contributed by atoms with E-state index in [1.165, 1.54) is 0 Å². The van der Waals surface area contributed by atoms with Crippen LogP contribution in [0.1, 0.15) is 18.3 Å². The molecule has 25 heavy (non-hydrogen) atoms. The molecule has 0 saturated carbocycles. The SMILES string of the molecule is CCn1c(C(C#N)=Cc2cccc3ccccc23)nc2ccccc21. The number of allylic oxidation sites excluding steroid dienone is 1. The van der Waals surface area contributed by atoms with Gasteiger partial charge in [-0.15, -0.1) is 0 Å². The van der Waals surface area contributed by atoms with Crippen LogP contribution in [0.4, 0.5) is 0 Å². The van der Waals surface area contributed by atoms with Gasteiger partial charge >= 0.3 is 0 Å². The van der Waals surface area contributed by atoms with Crippen molar-refractivity contribution in [1.29, 1.82) is 5.26 Å². The van der Waals surface area contributed by atoms with E-state index in [0.717, 1.165) is 39.7 Å². The average Bonchev–Trinajstić information content (AvgIpc) is 3.04. The van der Waals surface area contributed by atoms with Gasteiger partial charge in [-0.3, -0.25) is 0 Å². The van der Waals surface area contributed by atoms with E-state index in [0.29, 0.717) is 5.57 Å². The predicted molar refractivity (Wildman–Crippen MR) is 103 cm³/mol. The normalized spacial score (nSPS) is 11.8. The standard InChI is InChI=1S/C22H17N3/c1-2-25-21-13-6-5-12-20(21)24-22(25)18(15-23)14-17-10-7-9-16-8-3-4-11-19(16)17/h3-14H,2H2,1H3. The quantitative estimate of drug-likeness (QED) is 0.482. The number of para-hydroxylation sites is 2. The number of aromatic nitrogens is 2. The van der Waals surface area contributed by atoms with Crippen LogP contribution in [0.25, 0.3) is 33.5 Å². The summed E-state index contributed by atoms with van der Waals surface area (Å²) in [5, 5.41) is 12.1. The second-order valence-corrected chi connectivity index (χ2v) is 5.91. The average molecular weight is 323 g/mol.